The molecular weight excluding hydrogens is 411 g/mol. The molecule has 0 unspecified atom stereocenters. The van der Waals surface area contributed by atoms with Gasteiger partial charge in [-0.05, 0) is 61.5 Å². The number of ether oxygens (including phenoxy) is 2. The van der Waals surface area contributed by atoms with E-state index < -0.39 is 0 Å². The van der Waals surface area contributed by atoms with Crippen LogP contribution in [0, 0.1) is 0 Å². The minimum absolute atomic E-state index is 0. The molecule has 2 saturated heterocycles. The Balaban J connectivity index is 0.000000186. The number of nitrogens with zero attached hydrogens (tertiary/aromatic N) is 2. The summed E-state index contributed by atoms with van der Waals surface area (Å²) in [6.45, 7) is 3.68. The maximum Gasteiger partial charge on any atom is 0.217 e. The Labute approximate surface area is 181 Å². The van der Waals surface area contributed by atoms with E-state index in [0.29, 0.717) is 11.2 Å². The molecule has 1 atom stereocenters. The minimum Gasteiger partial charge on any atom is -0.473 e. The SMILES string of the molecule is Cl.Clc1nc2ccccc2[nH]1.c1cnc(O[C@H]2CCNC2)c(C2CCOCC2)c1. The highest BCUT2D eigenvalue weighted by Gasteiger charge is 2.23. The highest BCUT2D eigenvalue weighted by molar-refractivity contribution is 6.29. The van der Waals surface area contributed by atoms with Crippen LogP contribution >= 0.6 is 24.0 Å². The van der Waals surface area contributed by atoms with E-state index in [9.17, 15) is 0 Å². The van der Waals surface area contributed by atoms with E-state index in [1.165, 1.54) is 5.56 Å². The lowest BCUT2D eigenvalue weighted by molar-refractivity contribution is 0.0839. The number of imidazole rings is 1. The maximum absolute atomic E-state index is 6.05. The zero-order chi connectivity index (χ0) is 19.2. The molecule has 0 bridgehead atoms. The quantitative estimate of drug-likeness (QED) is 0.638. The van der Waals surface area contributed by atoms with Crippen LogP contribution in [0.2, 0.25) is 5.28 Å². The van der Waals surface area contributed by atoms with Crippen molar-refractivity contribution in [3.05, 3.63) is 53.4 Å². The van der Waals surface area contributed by atoms with Crippen LogP contribution in [0.4, 0.5) is 0 Å². The zero-order valence-electron chi connectivity index (χ0n) is 16.1. The zero-order valence-corrected chi connectivity index (χ0v) is 17.7. The first-order chi connectivity index (χ1) is 13.8. The fourth-order valence-corrected chi connectivity index (χ4v) is 3.82. The van der Waals surface area contributed by atoms with Crippen LogP contribution in [0.5, 0.6) is 5.88 Å². The molecule has 6 nitrogen and oxygen atoms in total. The van der Waals surface area contributed by atoms with Crippen molar-refractivity contribution in [2.75, 3.05) is 26.3 Å². The number of halogens is 2. The van der Waals surface area contributed by atoms with Crippen molar-refractivity contribution in [2.45, 2.75) is 31.3 Å². The first-order valence-electron chi connectivity index (χ1n) is 9.80. The lowest BCUT2D eigenvalue weighted by Gasteiger charge is -2.24. The van der Waals surface area contributed by atoms with Crippen LogP contribution < -0.4 is 10.1 Å². The number of benzene rings is 1. The average Bonchev–Trinajstić information content (AvgIpc) is 3.38. The van der Waals surface area contributed by atoms with Crippen molar-refractivity contribution >= 4 is 35.0 Å². The van der Waals surface area contributed by atoms with Crippen molar-refractivity contribution < 1.29 is 9.47 Å². The summed E-state index contributed by atoms with van der Waals surface area (Å²) in [4.78, 5) is 11.4. The standard InChI is InChI=1S/C14H20N2O2.C7H5ClN2.ClH/c1-2-13(11-4-8-17-9-5-11)14(16-6-1)18-12-3-7-15-10-12;8-7-9-5-3-1-2-4-6(5)10-7;/h1-2,6,11-12,15H,3-5,7-10H2;1-4H,(H,9,10);1H/t12-;;/m0../s1. The largest absolute Gasteiger partial charge is 0.473 e. The van der Waals surface area contributed by atoms with Gasteiger partial charge in [-0.2, -0.15) is 0 Å². The molecule has 0 radical (unpaired) electrons. The van der Waals surface area contributed by atoms with Crippen LogP contribution in [0.25, 0.3) is 11.0 Å². The predicted octanol–water partition coefficient (Wildman–Crippen LogP) is 4.35. The van der Waals surface area contributed by atoms with Gasteiger partial charge in [0.05, 0.1) is 11.0 Å². The molecule has 29 heavy (non-hydrogen) atoms. The van der Waals surface area contributed by atoms with E-state index in [4.69, 9.17) is 21.1 Å². The number of para-hydroxylation sites is 2. The molecule has 156 valence electrons. The number of H-pyrrole nitrogens is 1. The summed E-state index contributed by atoms with van der Waals surface area (Å²) < 4.78 is 11.5. The van der Waals surface area contributed by atoms with Crippen LogP contribution in [0.1, 0.15) is 30.7 Å². The van der Waals surface area contributed by atoms with Gasteiger partial charge in [0.25, 0.3) is 0 Å². The minimum atomic E-state index is 0. The van der Waals surface area contributed by atoms with Crippen molar-refractivity contribution in [1.82, 2.24) is 20.3 Å². The number of fused-ring (bicyclic) bond motifs is 1. The third-order valence-corrected chi connectivity index (χ3v) is 5.29. The topological polar surface area (TPSA) is 72.1 Å². The number of nitrogens with one attached hydrogen (secondary N) is 2. The number of rotatable bonds is 3. The Kier molecular flexibility index (Phi) is 8.12. The van der Waals surface area contributed by atoms with Crippen LogP contribution in [0.15, 0.2) is 42.6 Å². The molecule has 8 heteroatoms. The van der Waals surface area contributed by atoms with Gasteiger partial charge in [-0.15, -0.1) is 12.4 Å². The molecule has 0 spiro atoms. The summed E-state index contributed by atoms with van der Waals surface area (Å²) >= 11 is 5.62. The molecule has 1 aromatic carbocycles. The van der Waals surface area contributed by atoms with Gasteiger partial charge in [0.2, 0.25) is 11.2 Å². The first kappa shape index (κ1) is 21.8. The van der Waals surface area contributed by atoms with E-state index in [-0.39, 0.29) is 18.5 Å². The molecule has 2 fully saturated rings. The fraction of sp³-hybridized carbons (Fsp3) is 0.429. The highest BCUT2D eigenvalue weighted by Crippen LogP contribution is 2.32. The predicted molar refractivity (Wildman–Crippen MR) is 117 cm³/mol. The summed E-state index contributed by atoms with van der Waals surface area (Å²) in [5, 5.41) is 3.76. The molecule has 0 aliphatic carbocycles. The van der Waals surface area contributed by atoms with E-state index in [1.807, 2.05) is 36.5 Å². The maximum atomic E-state index is 6.05. The molecule has 3 aromatic rings. The summed E-state index contributed by atoms with van der Waals surface area (Å²) in [5.74, 6) is 1.37. The van der Waals surface area contributed by atoms with Gasteiger partial charge in [0.1, 0.15) is 6.10 Å². The van der Waals surface area contributed by atoms with Crippen molar-refractivity contribution in [1.29, 1.82) is 0 Å². The summed E-state index contributed by atoms with van der Waals surface area (Å²) in [7, 11) is 0. The normalized spacial score (nSPS) is 19.3. The van der Waals surface area contributed by atoms with Crippen LogP contribution in [0.3, 0.4) is 0 Å². The molecule has 2 aliphatic rings. The smallest absolute Gasteiger partial charge is 0.217 e. The van der Waals surface area contributed by atoms with Crippen molar-refractivity contribution in [3.63, 3.8) is 0 Å². The summed E-state index contributed by atoms with van der Waals surface area (Å²) in [6.07, 6.45) is 5.32. The van der Waals surface area contributed by atoms with E-state index in [2.05, 4.69) is 26.3 Å². The molecule has 2 aromatic heterocycles. The fourth-order valence-electron chi connectivity index (χ4n) is 3.63. The van der Waals surface area contributed by atoms with Gasteiger partial charge in [-0.3, -0.25) is 0 Å². The second-order valence-corrected chi connectivity index (χ2v) is 7.42. The lowest BCUT2D eigenvalue weighted by atomic mass is 9.92. The third kappa shape index (κ3) is 5.82. The van der Waals surface area contributed by atoms with E-state index in [1.54, 1.807) is 0 Å². The lowest BCUT2D eigenvalue weighted by Crippen LogP contribution is -2.22. The molecule has 2 aliphatic heterocycles. The third-order valence-electron chi connectivity index (χ3n) is 5.12. The number of hydrogen-bond acceptors (Lipinski definition) is 5. The molecule has 2 N–H and O–H groups in total. The Morgan fingerprint density at radius 2 is 1.90 bits per heavy atom. The molecule has 0 amide bonds. The second-order valence-electron chi connectivity index (χ2n) is 7.06. The Morgan fingerprint density at radius 1 is 1.07 bits per heavy atom. The number of hydrogen-bond donors (Lipinski definition) is 2. The first-order valence-corrected chi connectivity index (χ1v) is 10.2. The Bertz CT molecular complexity index is 860. The Morgan fingerprint density at radius 3 is 2.66 bits per heavy atom. The number of pyridine rings is 1. The number of aromatic nitrogens is 3. The Hall–Kier alpha value is -1.86. The van der Waals surface area contributed by atoms with Gasteiger partial charge < -0.3 is 19.8 Å². The van der Waals surface area contributed by atoms with E-state index >= 15 is 0 Å². The monoisotopic (exact) mass is 436 g/mol. The van der Waals surface area contributed by atoms with Crippen molar-refractivity contribution in [2.24, 2.45) is 0 Å². The summed E-state index contributed by atoms with van der Waals surface area (Å²) in [6, 6.07) is 11.9. The molecular formula is C21H26Cl2N4O2. The van der Waals surface area contributed by atoms with Gasteiger partial charge in [-0.25, -0.2) is 9.97 Å². The molecule has 5 rings (SSSR count). The molecule has 4 heterocycles. The van der Waals surface area contributed by atoms with Gasteiger partial charge in [0, 0.05) is 31.5 Å². The average molecular weight is 437 g/mol. The second kappa shape index (κ2) is 10.8. The number of aromatic amines is 1. The van der Waals surface area contributed by atoms with E-state index in [0.717, 1.165) is 62.5 Å². The molecule has 0 saturated carbocycles. The van der Waals surface area contributed by atoms with Gasteiger partial charge in [-0.1, -0.05) is 18.2 Å². The summed E-state index contributed by atoms with van der Waals surface area (Å²) in [5.41, 5.74) is 3.15. The van der Waals surface area contributed by atoms with Gasteiger partial charge in [0.15, 0.2) is 0 Å². The highest BCUT2D eigenvalue weighted by atomic mass is 35.5. The van der Waals surface area contributed by atoms with Crippen LogP contribution in [-0.2, 0) is 4.74 Å². The van der Waals surface area contributed by atoms with Crippen LogP contribution in [-0.4, -0.2) is 47.4 Å². The van der Waals surface area contributed by atoms with Crippen molar-refractivity contribution in [3.8, 4) is 5.88 Å². The van der Waals surface area contributed by atoms with Gasteiger partial charge >= 0.3 is 0 Å².